The molecule has 2 N–H and O–H groups in total. The summed E-state index contributed by atoms with van der Waals surface area (Å²) in [4.78, 5) is 25.0. The maximum absolute atomic E-state index is 13.3. The fourth-order valence-electron chi connectivity index (χ4n) is 3.61. The number of hydrogen-bond donors (Lipinski definition) is 2. The zero-order valence-corrected chi connectivity index (χ0v) is 17.2. The Morgan fingerprint density at radius 2 is 2.00 bits per heavy atom. The zero-order valence-electron chi connectivity index (χ0n) is 16.5. The van der Waals surface area contributed by atoms with Crippen LogP contribution < -0.4 is 10.1 Å². The molecule has 0 bridgehead atoms. The van der Waals surface area contributed by atoms with Crippen LogP contribution in [0.4, 0.5) is 5.82 Å². The number of benzene rings is 2. The number of anilines is 1. The first-order valence-electron chi connectivity index (χ1n) is 9.92. The molecule has 1 atom stereocenters. The third-order valence-corrected chi connectivity index (χ3v) is 5.46. The Kier molecular flexibility index (Phi) is 5.28. The van der Waals surface area contributed by atoms with Gasteiger partial charge in [-0.05, 0) is 30.7 Å². The normalized spacial score (nSPS) is 15.8. The van der Waals surface area contributed by atoms with Crippen LogP contribution in [0.3, 0.4) is 0 Å². The quantitative estimate of drug-likeness (QED) is 0.422. The van der Waals surface area contributed by atoms with Crippen LogP contribution in [0.1, 0.15) is 22.3 Å². The number of aromatic nitrogens is 3. The minimum atomic E-state index is -0.219. The van der Waals surface area contributed by atoms with Crippen LogP contribution in [0.25, 0.3) is 11.0 Å². The van der Waals surface area contributed by atoms with Crippen LogP contribution in [0.2, 0.25) is 5.02 Å². The molecular weight excluding hydrogens is 416 g/mol. The number of halogens is 1. The standard InChI is InChI=1S/C23H19ClN4O3/c24-19-10-16(31-15-4-2-1-3-5-15)6-7-17(19)21(29)18-11-25-22-20(18)23(27-13-26-22)28-14-8-9-30-12-14/h1-7,10-11,13-14H,8-9,12H2,(H2,25,26,27,28)/t14-/m1/s1. The molecule has 0 spiro atoms. The Hall–Kier alpha value is -3.42. The molecule has 0 radical (unpaired) electrons. The van der Waals surface area contributed by atoms with Crippen molar-refractivity contribution in [2.24, 2.45) is 0 Å². The smallest absolute Gasteiger partial charge is 0.196 e. The van der Waals surface area contributed by atoms with Gasteiger partial charge in [-0.3, -0.25) is 4.79 Å². The second-order valence-electron chi connectivity index (χ2n) is 7.24. The van der Waals surface area contributed by atoms with Crippen molar-refractivity contribution in [1.82, 2.24) is 15.0 Å². The van der Waals surface area contributed by atoms with E-state index in [2.05, 4.69) is 20.3 Å². The second-order valence-corrected chi connectivity index (χ2v) is 7.65. The summed E-state index contributed by atoms with van der Waals surface area (Å²) in [5.74, 6) is 1.63. The Morgan fingerprint density at radius 1 is 1.13 bits per heavy atom. The van der Waals surface area contributed by atoms with Gasteiger partial charge >= 0.3 is 0 Å². The Bertz CT molecular complexity index is 1240. The van der Waals surface area contributed by atoms with Crippen molar-refractivity contribution in [2.75, 3.05) is 18.5 Å². The second kappa shape index (κ2) is 8.37. The fourth-order valence-corrected chi connectivity index (χ4v) is 3.86. The molecule has 0 unspecified atom stereocenters. The number of aromatic amines is 1. The van der Waals surface area contributed by atoms with Crippen molar-refractivity contribution in [3.05, 3.63) is 77.2 Å². The topological polar surface area (TPSA) is 89.1 Å². The molecule has 4 aromatic rings. The molecule has 3 heterocycles. The van der Waals surface area contributed by atoms with Crippen LogP contribution in [-0.2, 0) is 4.74 Å². The summed E-state index contributed by atoms with van der Waals surface area (Å²) in [5, 5.41) is 4.31. The highest BCUT2D eigenvalue weighted by molar-refractivity contribution is 6.35. The number of nitrogens with zero attached hydrogens (tertiary/aromatic N) is 2. The molecule has 8 heteroatoms. The third-order valence-electron chi connectivity index (χ3n) is 5.15. The van der Waals surface area contributed by atoms with Gasteiger partial charge in [0.25, 0.3) is 0 Å². The van der Waals surface area contributed by atoms with Crippen LogP contribution >= 0.6 is 11.6 Å². The lowest BCUT2D eigenvalue weighted by atomic mass is 10.0. The number of hydrogen-bond acceptors (Lipinski definition) is 6. The van der Waals surface area contributed by atoms with Gasteiger partial charge in [0, 0.05) is 24.4 Å². The first-order chi connectivity index (χ1) is 15.2. The molecule has 7 nitrogen and oxygen atoms in total. The molecule has 31 heavy (non-hydrogen) atoms. The van der Waals surface area contributed by atoms with E-state index in [4.69, 9.17) is 21.1 Å². The van der Waals surface area contributed by atoms with Crippen molar-refractivity contribution in [3.8, 4) is 11.5 Å². The maximum atomic E-state index is 13.3. The number of nitrogens with one attached hydrogen (secondary N) is 2. The summed E-state index contributed by atoms with van der Waals surface area (Å²) in [5.41, 5.74) is 1.41. The minimum absolute atomic E-state index is 0.147. The lowest BCUT2D eigenvalue weighted by molar-refractivity contribution is 0.104. The third kappa shape index (κ3) is 3.97. The predicted octanol–water partition coefficient (Wildman–Crippen LogP) is 4.84. The molecule has 1 aliphatic heterocycles. The molecule has 5 rings (SSSR count). The molecule has 1 aliphatic rings. The Labute approximate surface area is 183 Å². The van der Waals surface area contributed by atoms with E-state index in [9.17, 15) is 4.79 Å². The highest BCUT2D eigenvalue weighted by Gasteiger charge is 2.23. The van der Waals surface area contributed by atoms with E-state index in [1.54, 1.807) is 24.4 Å². The molecule has 0 aliphatic carbocycles. The molecule has 0 amide bonds. The number of carbonyl (C=O) groups is 1. The van der Waals surface area contributed by atoms with Gasteiger partial charge < -0.3 is 19.8 Å². The Balaban J connectivity index is 1.46. The maximum Gasteiger partial charge on any atom is 0.196 e. The molecule has 2 aromatic heterocycles. The van der Waals surface area contributed by atoms with Crippen molar-refractivity contribution >= 4 is 34.2 Å². The first kappa shape index (κ1) is 19.5. The fraction of sp³-hybridized carbons (Fsp3) is 0.174. The van der Waals surface area contributed by atoms with Gasteiger partial charge in [-0.15, -0.1) is 0 Å². The van der Waals surface area contributed by atoms with Gasteiger partial charge in [-0.2, -0.15) is 0 Å². The highest BCUT2D eigenvalue weighted by Crippen LogP contribution is 2.31. The van der Waals surface area contributed by atoms with E-state index >= 15 is 0 Å². The zero-order chi connectivity index (χ0) is 21.2. The highest BCUT2D eigenvalue weighted by atomic mass is 35.5. The summed E-state index contributed by atoms with van der Waals surface area (Å²) in [7, 11) is 0. The number of ether oxygens (including phenoxy) is 2. The SMILES string of the molecule is O=C(c1ccc(Oc2ccccc2)cc1Cl)c1c[nH]c2ncnc(N[C@@H]3CCOC3)c12. The largest absolute Gasteiger partial charge is 0.457 e. The van der Waals surface area contributed by atoms with E-state index in [-0.39, 0.29) is 11.8 Å². The molecule has 2 aromatic carbocycles. The summed E-state index contributed by atoms with van der Waals surface area (Å²) in [6.45, 7) is 1.31. The van der Waals surface area contributed by atoms with Gasteiger partial charge in [0.05, 0.1) is 28.6 Å². The van der Waals surface area contributed by atoms with Crippen molar-refractivity contribution < 1.29 is 14.3 Å². The molecule has 1 fully saturated rings. The summed E-state index contributed by atoms with van der Waals surface area (Å²) >= 11 is 6.46. The Morgan fingerprint density at radius 3 is 2.77 bits per heavy atom. The molecule has 0 saturated carbocycles. The number of para-hydroxylation sites is 1. The minimum Gasteiger partial charge on any atom is -0.457 e. The number of rotatable bonds is 6. The number of H-pyrrole nitrogens is 1. The van der Waals surface area contributed by atoms with Crippen LogP contribution in [0, 0.1) is 0 Å². The number of carbonyl (C=O) groups excluding carboxylic acids is 1. The van der Waals surface area contributed by atoms with E-state index in [1.807, 2.05) is 30.3 Å². The van der Waals surface area contributed by atoms with Crippen molar-refractivity contribution in [3.63, 3.8) is 0 Å². The van der Waals surface area contributed by atoms with E-state index in [0.29, 0.717) is 57.7 Å². The summed E-state index contributed by atoms with van der Waals surface area (Å²) in [6.07, 6.45) is 3.99. The van der Waals surface area contributed by atoms with Gasteiger partial charge in [0.1, 0.15) is 29.3 Å². The summed E-state index contributed by atoms with van der Waals surface area (Å²) < 4.78 is 11.2. The van der Waals surface area contributed by atoms with E-state index < -0.39 is 0 Å². The van der Waals surface area contributed by atoms with Crippen molar-refractivity contribution in [2.45, 2.75) is 12.5 Å². The lowest BCUT2D eigenvalue weighted by Gasteiger charge is -2.13. The number of ketones is 1. The first-order valence-corrected chi connectivity index (χ1v) is 10.3. The average molecular weight is 435 g/mol. The van der Waals surface area contributed by atoms with Gasteiger partial charge in [-0.25, -0.2) is 9.97 Å². The van der Waals surface area contributed by atoms with Gasteiger partial charge in [0.2, 0.25) is 0 Å². The van der Waals surface area contributed by atoms with Crippen LogP contribution in [0.15, 0.2) is 61.1 Å². The summed E-state index contributed by atoms with van der Waals surface area (Å²) in [6, 6.07) is 14.6. The monoisotopic (exact) mass is 434 g/mol. The van der Waals surface area contributed by atoms with Crippen molar-refractivity contribution in [1.29, 1.82) is 0 Å². The van der Waals surface area contributed by atoms with Crippen LogP contribution in [0.5, 0.6) is 11.5 Å². The molecule has 156 valence electrons. The molecule has 1 saturated heterocycles. The van der Waals surface area contributed by atoms with Crippen LogP contribution in [-0.4, -0.2) is 40.0 Å². The van der Waals surface area contributed by atoms with E-state index in [0.717, 1.165) is 6.42 Å². The average Bonchev–Trinajstić information content (AvgIpc) is 3.44. The van der Waals surface area contributed by atoms with Gasteiger partial charge in [0.15, 0.2) is 5.78 Å². The lowest BCUT2D eigenvalue weighted by Crippen LogP contribution is -2.20. The molecular formula is C23H19ClN4O3. The number of fused-ring (bicyclic) bond motifs is 1. The van der Waals surface area contributed by atoms with Gasteiger partial charge in [-0.1, -0.05) is 29.8 Å². The predicted molar refractivity (Wildman–Crippen MR) is 118 cm³/mol. The van der Waals surface area contributed by atoms with E-state index in [1.165, 1.54) is 6.33 Å².